The van der Waals surface area contributed by atoms with E-state index in [9.17, 15) is 19.2 Å². The van der Waals surface area contributed by atoms with Crippen LogP contribution < -0.4 is 4.74 Å². The van der Waals surface area contributed by atoms with Gasteiger partial charge in [-0.1, -0.05) is 78.9 Å². The first-order valence-electron chi connectivity index (χ1n) is 16.4. The van der Waals surface area contributed by atoms with Gasteiger partial charge in [0.05, 0.1) is 5.69 Å². The van der Waals surface area contributed by atoms with Crippen molar-refractivity contribution in [2.24, 2.45) is 4.99 Å². The molecule has 0 aliphatic carbocycles. The average Bonchev–Trinajstić information content (AvgIpc) is 3.11. The van der Waals surface area contributed by atoms with E-state index in [2.05, 4.69) is 4.99 Å². The van der Waals surface area contributed by atoms with Crippen LogP contribution in [0.4, 0.5) is 5.69 Å². The zero-order valence-corrected chi connectivity index (χ0v) is 28.7. The number of ether oxygens (including phenoxy) is 6. The number of carbonyl (C=O) groups is 4. The molecule has 0 radical (unpaired) electrons. The minimum atomic E-state index is -1.26. The third kappa shape index (κ3) is 10.1. The molecule has 1 heterocycles. The Labute approximate surface area is 296 Å². The molecule has 0 aromatic heterocycles. The maximum atomic E-state index is 12.3. The molecule has 0 bridgehead atoms. The molecule has 0 saturated carbocycles. The SMILES string of the molecule is CC(=O)OCC1OC(c2ccc(-c3ccc(/C=N/c4ccccc4)c(OCc4ccccc4)c3)cc2)C(OC(C)=O)C(OC(C)=O)C1OC(C)=O. The van der Waals surface area contributed by atoms with Crippen molar-refractivity contribution >= 4 is 35.8 Å². The molecule has 264 valence electrons. The van der Waals surface area contributed by atoms with Gasteiger partial charge in [0, 0.05) is 39.5 Å². The molecule has 1 fully saturated rings. The first-order chi connectivity index (χ1) is 24.6. The van der Waals surface area contributed by atoms with Gasteiger partial charge < -0.3 is 28.4 Å². The number of benzene rings is 4. The van der Waals surface area contributed by atoms with Gasteiger partial charge in [-0.25, -0.2) is 0 Å². The number of rotatable bonds is 12. The molecule has 1 aliphatic heterocycles. The van der Waals surface area contributed by atoms with Gasteiger partial charge in [0.1, 0.15) is 31.2 Å². The average molecular weight is 694 g/mol. The Bertz CT molecular complexity index is 1840. The van der Waals surface area contributed by atoms with Crippen LogP contribution in [0, 0.1) is 0 Å². The molecule has 5 unspecified atom stereocenters. The summed E-state index contributed by atoms with van der Waals surface area (Å²) in [6, 6.07) is 32.7. The highest BCUT2D eigenvalue weighted by molar-refractivity contribution is 5.87. The summed E-state index contributed by atoms with van der Waals surface area (Å²) in [4.78, 5) is 53.0. The lowest BCUT2D eigenvalue weighted by molar-refractivity contribution is -0.254. The standard InChI is InChI=1S/C40H39NO10/c1-25(42)46-24-36-38(48-26(2)43)40(50-28(4)45)39(49-27(3)44)37(51-36)31-17-15-30(16-18-31)32-19-20-33(22-41-34-13-9-6-10-14-34)35(21-32)47-23-29-11-7-5-8-12-29/h5-22,36-40H,23-24H2,1-4H3/b41-22+. The van der Waals surface area contributed by atoms with Crippen LogP contribution in [0.5, 0.6) is 5.75 Å². The Hall–Kier alpha value is -5.81. The Morgan fingerprint density at radius 1 is 0.667 bits per heavy atom. The summed E-state index contributed by atoms with van der Waals surface area (Å²) >= 11 is 0. The molecule has 1 saturated heterocycles. The van der Waals surface area contributed by atoms with E-state index in [1.165, 1.54) is 27.7 Å². The highest BCUT2D eigenvalue weighted by Crippen LogP contribution is 2.38. The number of esters is 4. The van der Waals surface area contributed by atoms with Crippen molar-refractivity contribution in [1.29, 1.82) is 0 Å². The van der Waals surface area contributed by atoms with E-state index in [1.807, 2.05) is 91.0 Å². The lowest BCUT2D eigenvalue weighted by atomic mass is 9.89. The topological polar surface area (TPSA) is 136 Å². The van der Waals surface area contributed by atoms with E-state index in [0.29, 0.717) is 17.9 Å². The maximum absolute atomic E-state index is 12.3. The first kappa shape index (κ1) is 36.5. The number of nitrogens with zero attached hydrogens (tertiary/aromatic N) is 1. The van der Waals surface area contributed by atoms with E-state index in [0.717, 1.165) is 27.9 Å². The molecule has 4 aromatic carbocycles. The Kier molecular flexibility index (Phi) is 12.3. The van der Waals surface area contributed by atoms with Crippen LogP contribution in [0.3, 0.4) is 0 Å². The van der Waals surface area contributed by atoms with E-state index < -0.39 is 54.4 Å². The van der Waals surface area contributed by atoms with Crippen molar-refractivity contribution in [1.82, 2.24) is 0 Å². The molecule has 0 N–H and O–H groups in total. The lowest BCUT2D eigenvalue weighted by Crippen LogP contribution is -2.59. The summed E-state index contributed by atoms with van der Waals surface area (Å²) in [5.74, 6) is -2.00. The summed E-state index contributed by atoms with van der Waals surface area (Å²) in [5.41, 5.74) is 4.91. The van der Waals surface area contributed by atoms with Gasteiger partial charge >= 0.3 is 23.9 Å². The van der Waals surface area contributed by atoms with Crippen molar-refractivity contribution in [3.8, 4) is 16.9 Å². The normalized spacial score (nSPS) is 19.9. The molecule has 11 heteroatoms. The lowest BCUT2D eigenvalue weighted by Gasteiger charge is -2.44. The first-order valence-corrected chi connectivity index (χ1v) is 16.4. The monoisotopic (exact) mass is 693 g/mol. The van der Waals surface area contributed by atoms with Gasteiger partial charge in [-0.05, 0) is 46.5 Å². The minimum absolute atomic E-state index is 0.307. The van der Waals surface area contributed by atoms with E-state index >= 15 is 0 Å². The summed E-state index contributed by atoms with van der Waals surface area (Å²) < 4.78 is 34.6. The number of carbonyl (C=O) groups excluding carboxylic acids is 4. The van der Waals surface area contributed by atoms with Crippen LogP contribution in [-0.2, 0) is 49.5 Å². The van der Waals surface area contributed by atoms with Gasteiger partial charge in [0.25, 0.3) is 0 Å². The number of hydrogen-bond acceptors (Lipinski definition) is 11. The molecule has 5 atom stereocenters. The van der Waals surface area contributed by atoms with Crippen LogP contribution in [-0.4, -0.2) is 61.1 Å². The number of hydrogen-bond donors (Lipinski definition) is 0. The predicted molar refractivity (Wildman–Crippen MR) is 187 cm³/mol. The second kappa shape index (κ2) is 17.2. The van der Waals surface area contributed by atoms with Crippen molar-refractivity contribution in [3.05, 3.63) is 120 Å². The molecule has 1 aliphatic rings. The molecular weight excluding hydrogens is 654 g/mol. The highest BCUT2D eigenvalue weighted by Gasteiger charge is 2.52. The second-order valence-electron chi connectivity index (χ2n) is 11.9. The molecular formula is C40H39NO10. The largest absolute Gasteiger partial charge is 0.488 e. The van der Waals surface area contributed by atoms with Crippen LogP contribution in [0.15, 0.2) is 108 Å². The summed E-state index contributed by atoms with van der Waals surface area (Å²) in [5, 5.41) is 0. The fourth-order valence-electron chi connectivity index (χ4n) is 5.70. The third-order valence-corrected chi connectivity index (χ3v) is 7.92. The van der Waals surface area contributed by atoms with Crippen molar-refractivity contribution < 1.29 is 47.6 Å². The third-order valence-electron chi connectivity index (χ3n) is 7.92. The van der Waals surface area contributed by atoms with Crippen LogP contribution in [0.2, 0.25) is 0 Å². The quantitative estimate of drug-likeness (QED) is 0.0921. The highest BCUT2D eigenvalue weighted by atomic mass is 16.7. The molecule has 51 heavy (non-hydrogen) atoms. The molecule has 5 rings (SSSR count). The van der Waals surface area contributed by atoms with Gasteiger partial charge in [0.2, 0.25) is 0 Å². The molecule has 4 aromatic rings. The van der Waals surface area contributed by atoms with Gasteiger partial charge in [-0.3, -0.25) is 24.2 Å². The Morgan fingerprint density at radius 3 is 1.88 bits per heavy atom. The van der Waals surface area contributed by atoms with Gasteiger partial charge in [-0.15, -0.1) is 0 Å². The Morgan fingerprint density at radius 2 is 1.25 bits per heavy atom. The number of para-hydroxylation sites is 1. The number of aliphatic imine (C=N–C) groups is 1. The molecule has 0 spiro atoms. The smallest absolute Gasteiger partial charge is 0.303 e. The fourth-order valence-corrected chi connectivity index (χ4v) is 5.70. The minimum Gasteiger partial charge on any atom is -0.488 e. The van der Waals surface area contributed by atoms with E-state index in [1.54, 1.807) is 18.3 Å². The van der Waals surface area contributed by atoms with E-state index in [-0.39, 0.29) is 6.61 Å². The van der Waals surface area contributed by atoms with Gasteiger partial charge in [-0.2, -0.15) is 0 Å². The van der Waals surface area contributed by atoms with Crippen LogP contribution >= 0.6 is 0 Å². The summed E-state index contributed by atoms with van der Waals surface area (Å²) in [7, 11) is 0. The van der Waals surface area contributed by atoms with Crippen LogP contribution in [0.1, 0.15) is 50.5 Å². The summed E-state index contributed by atoms with van der Waals surface area (Å²) in [6.07, 6.45) is -3.95. The zero-order valence-electron chi connectivity index (χ0n) is 28.7. The fraction of sp³-hybridized carbons (Fsp3) is 0.275. The summed E-state index contributed by atoms with van der Waals surface area (Å²) in [6.45, 7) is 4.86. The molecule has 0 amide bonds. The second-order valence-corrected chi connectivity index (χ2v) is 11.9. The van der Waals surface area contributed by atoms with E-state index in [4.69, 9.17) is 28.4 Å². The predicted octanol–water partition coefficient (Wildman–Crippen LogP) is 6.48. The van der Waals surface area contributed by atoms with Gasteiger partial charge in [0.15, 0.2) is 18.3 Å². The van der Waals surface area contributed by atoms with Crippen molar-refractivity contribution in [3.63, 3.8) is 0 Å². The molecule has 11 nitrogen and oxygen atoms in total. The van der Waals surface area contributed by atoms with Crippen molar-refractivity contribution in [2.45, 2.75) is 64.8 Å². The van der Waals surface area contributed by atoms with Crippen LogP contribution in [0.25, 0.3) is 11.1 Å². The van der Waals surface area contributed by atoms with Crippen molar-refractivity contribution in [2.75, 3.05) is 6.61 Å². The zero-order chi connectivity index (χ0) is 36.3. The maximum Gasteiger partial charge on any atom is 0.303 e. The Balaban J connectivity index is 1.47.